The normalized spacial score (nSPS) is 18.8. The maximum Gasteiger partial charge on any atom is 0.225 e. The van der Waals surface area contributed by atoms with Crippen LogP contribution < -0.4 is 9.80 Å². The molecule has 7 heteroatoms. The average Bonchev–Trinajstić information content (AvgIpc) is 3.17. The van der Waals surface area contributed by atoms with Crippen molar-refractivity contribution in [2.24, 2.45) is 0 Å². The molecule has 4 heterocycles. The second kappa shape index (κ2) is 6.92. The molecule has 2 aromatic rings. The first kappa shape index (κ1) is 16.2. The topological polar surface area (TPSA) is 61.3 Å². The van der Waals surface area contributed by atoms with Gasteiger partial charge in [0.25, 0.3) is 0 Å². The second-order valence-corrected chi connectivity index (χ2v) is 6.90. The molecule has 2 aliphatic heterocycles. The monoisotopic (exact) mass is 339 g/mol. The predicted molar refractivity (Wildman–Crippen MR) is 99.0 cm³/mol. The number of anilines is 2. The molecular formula is C18H25N7. The Morgan fingerprint density at radius 2 is 1.52 bits per heavy atom. The van der Waals surface area contributed by atoms with Gasteiger partial charge in [-0.1, -0.05) is 0 Å². The number of likely N-dealkylation sites (N-methyl/N-ethyl adjacent to an activating group) is 1. The maximum absolute atomic E-state index is 4.75. The summed E-state index contributed by atoms with van der Waals surface area (Å²) >= 11 is 0. The minimum absolute atomic E-state index is 0.817. The smallest absolute Gasteiger partial charge is 0.225 e. The van der Waals surface area contributed by atoms with Gasteiger partial charge in [-0.15, -0.1) is 0 Å². The SMILES string of the molecule is Cc1nc(N2CCN(C)CC2)ncc1-c1ccnc(N2CCCC2)n1. The van der Waals surface area contributed by atoms with E-state index in [0.717, 1.165) is 68.1 Å². The summed E-state index contributed by atoms with van der Waals surface area (Å²) in [6.07, 6.45) is 6.18. The molecule has 2 aliphatic rings. The lowest BCUT2D eigenvalue weighted by atomic mass is 10.2. The van der Waals surface area contributed by atoms with Gasteiger partial charge in [0.05, 0.1) is 11.4 Å². The zero-order chi connectivity index (χ0) is 17.2. The molecule has 0 N–H and O–H groups in total. The molecule has 0 aliphatic carbocycles. The first-order chi connectivity index (χ1) is 12.2. The predicted octanol–water partition coefficient (Wildman–Crippen LogP) is 1.59. The molecule has 2 fully saturated rings. The molecule has 4 rings (SSSR count). The third-order valence-electron chi connectivity index (χ3n) is 5.06. The maximum atomic E-state index is 4.75. The van der Waals surface area contributed by atoms with Crippen molar-refractivity contribution in [3.05, 3.63) is 24.2 Å². The van der Waals surface area contributed by atoms with Crippen molar-refractivity contribution in [1.29, 1.82) is 0 Å². The van der Waals surface area contributed by atoms with E-state index in [-0.39, 0.29) is 0 Å². The summed E-state index contributed by atoms with van der Waals surface area (Å²) in [5.74, 6) is 1.64. The van der Waals surface area contributed by atoms with Crippen molar-refractivity contribution < 1.29 is 0 Å². The van der Waals surface area contributed by atoms with Crippen LogP contribution in [0.3, 0.4) is 0 Å². The molecule has 7 nitrogen and oxygen atoms in total. The van der Waals surface area contributed by atoms with Crippen LogP contribution in [-0.2, 0) is 0 Å². The Labute approximate surface area is 148 Å². The van der Waals surface area contributed by atoms with E-state index >= 15 is 0 Å². The Kier molecular flexibility index (Phi) is 4.48. The van der Waals surface area contributed by atoms with Gasteiger partial charge < -0.3 is 14.7 Å². The number of aryl methyl sites for hydroxylation is 1. The number of hydrogen-bond acceptors (Lipinski definition) is 7. The van der Waals surface area contributed by atoms with Crippen molar-refractivity contribution in [2.45, 2.75) is 19.8 Å². The van der Waals surface area contributed by atoms with Crippen LogP contribution in [0.4, 0.5) is 11.9 Å². The van der Waals surface area contributed by atoms with E-state index in [1.165, 1.54) is 12.8 Å². The van der Waals surface area contributed by atoms with Crippen LogP contribution in [-0.4, -0.2) is 71.2 Å². The Bertz CT molecular complexity index is 734. The van der Waals surface area contributed by atoms with E-state index in [2.05, 4.69) is 31.7 Å². The number of nitrogens with zero attached hydrogens (tertiary/aromatic N) is 7. The van der Waals surface area contributed by atoms with Gasteiger partial charge in [0.2, 0.25) is 11.9 Å². The van der Waals surface area contributed by atoms with Gasteiger partial charge in [-0.2, -0.15) is 0 Å². The minimum atomic E-state index is 0.817. The molecule has 25 heavy (non-hydrogen) atoms. The molecule has 0 aromatic carbocycles. The van der Waals surface area contributed by atoms with Gasteiger partial charge in [-0.05, 0) is 32.9 Å². The molecule has 2 saturated heterocycles. The highest BCUT2D eigenvalue weighted by Gasteiger charge is 2.19. The minimum Gasteiger partial charge on any atom is -0.341 e. The fraction of sp³-hybridized carbons (Fsp3) is 0.556. The molecule has 0 unspecified atom stereocenters. The number of piperazine rings is 1. The van der Waals surface area contributed by atoms with Gasteiger partial charge in [-0.25, -0.2) is 19.9 Å². The molecule has 0 saturated carbocycles. The van der Waals surface area contributed by atoms with E-state index < -0.39 is 0 Å². The fourth-order valence-electron chi connectivity index (χ4n) is 3.43. The molecule has 0 radical (unpaired) electrons. The van der Waals surface area contributed by atoms with Crippen molar-refractivity contribution in [3.63, 3.8) is 0 Å². The standard InChI is InChI=1S/C18H25N7/c1-14-15(13-20-18(21-14)25-11-9-23(2)10-12-25)16-5-6-19-17(22-16)24-7-3-4-8-24/h5-6,13H,3-4,7-12H2,1-2H3. The summed E-state index contributed by atoms with van der Waals surface area (Å²) in [5.41, 5.74) is 2.86. The lowest BCUT2D eigenvalue weighted by Gasteiger charge is -2.32. The van der Waals surface area contributed by atoms with Gasteiger partial charge in [-0.3, -0.25) is 0 Å². The number of aromatic nitrogens is 4. The molecule has 0 atom stereocenters. The van der Waals surface area contributed by atoms with Crippen LogP contribution in [0.5, 0.6) is 0 Å². The Morgan fingerprint density at radius 1 is 0.840 bits per heavy atom. The third-order valence-corrected chi connectivity index (χ3v) is 5.06. The summed E-state index contributed by atoms with van der Waals surface area (Å²) in [4.78, 5) is 25.4. The lowest BCUT2D eigenvalue weighted by Crippen LogP contribution is -2.45. The molecule has 0 spiro atoms. The van der Waals surface area contributed by atoms with Crippen LogP contribution in [0.15, 0.2) is 18.5 Å². The summed E-state index contributed by atoms with van der Waals surface area (Å²) in [6, 6.07) is 1.95. The van der Waals surface area contributed by atoms with Crippen molar-refractivity contribution >= 4 is 11.9 Å². The van der Waals surface area contributed by atoms with E-state index in [4.69, 9.17) is 9.97 Å². The van der Waals surface area contributed by atoms with E-state index in [1.54, 1.807) is 0 Å². The molecular weight excluding hydrogens is 314 g/mol. The van der Waals surface area contributed by atoms with Gasteiger partial charge in [0, 0.05) is 57.2 Å². The quantitative estimate of drug-likeness (QED) is 0.841. The first-order valence-corrected chi connectivity index (χ1v) is 9.06. The van der Waals surface area contributed by atoms with Gasteiger partial charge >= 0.3 is 0 Å². The Hall–Kier alpha value is -2.28. The molecule has 2 aromatic heterocycles. The van der Waals surface area contributed by atoms with E-state index in [9.17, 15) is 0 Å². The van der Waals surface area contributed by atoms with Crippen LogP contribution in [0.25, 0.3) is 11.3 Å². The van der Waals surface area contributed by atoms with Crippen LogP contribution >= 0.6 is 0 Å². The van der Waals surface area contributed by atoms with Crippen molar-refractivity contribution in [3.8, 4) is 11.3 Å². The van der Waals surface area contributed by atoms with E-state index in [0.29, 0.717) is 0 Å². The first-order valence-electron chi connectivity index (χ1n) is 9.06. The summed E-state index contributed by atoms with van der Waals surface area (Å²) < 4.78 is 0. The second-order valence-electron chi connectivity index (χ2n) is 6.90. The average molecular weight is 339 g/mol. The van der Waals surface area contributed by atoms with Crippen molar-refractivity contribution in [2.75, 3.05) is 56.1 Å². The zero-order valence-corrected chi connectivity index (χ0v) is 15.0. The largest absolute Gasteiger partial charge is 0.341 e. The summed E-state index contributed by atoms with van der Waals surface area (Å²) in [7, 11) is 2.15. The van der Waals surface area contributed by atoms with Crippen LogP contribution in [0, 0.1) is 6.92 Å². The van der Waals surface area contributed by atoms with E-state index in [1.807, 2.05) is 25.4 Å². The molecule has 0 amide bonds. The Morgan fingerprint density at radius 3 is 2.24 bits per heavy atom. The summed E-state index contributed by atoms with van der Waals surface area (Å²) in [5, 5.41) is 0. The highest BCUT2D eigenvalue weighted by Crippen LogP contribution is 2.24. The molecule has 132 valence electrons. The highest BCUT2D eigenvalue weighted by molar-refractivity contribution is 5.62. The highest BCUT2D eigenvalue weighted by atomic mass is 15.3. The van der Waals surface area contributed by atoms with Gasteiger partial charge in [0.15, 0.2) is 0 Å². The van der Waals surface area contributed by atoms with Crippen LogP contribution in [0.1, 0.15) is 18.5 Å². The molecule has 0 bridgehead atoms. The number of rotatable bonds is 3. The lowest BCUT2D eigenvalue weighted by molar-refractivity contribution is 0.311. The van der Waals surface area contributed by atoms with Gasteiger partial charge in [0.1, 0.15) is 0 Å². The fourth-order valence-corrected chi connectivity index (χ4v) is 3.43. The van der Waals surface area contributed by atoms with Crippen LogP contribution in [0.2, 0.25) is 0 Å². The third kappa shape index (κ3) is 3.42. The summed E-state index contributed by atoms with van der Waals surface area (Å²) in [6.45, 7) is 8.17. The number of hydrogen-bond donors (Lipinski definition) is 0. The Balaban J connectivity index is 1.57. The zero-order valence-electron chi connectivity index (χ0n) is 15.0. The van der Waals surface area contributed by atoms with Crippen molar-refractivity contribution in [1.82, 2.24) is 24.8 Å².